The van der Waals surface area contributed by atoms with E-state index in [4.69, 9.17) is 4.74 Å². The number of nitrogens with one attached hydrogen (secondary N) is 1. The van der Waals surface area contributed by atoms with Gasteiger partial charge in [-0.15, -0.1) is 0 Å². The molecule has 5 nitrogen and oxygen atoms in total. The van der Waals surface area contributed by atoms with Crippen molar-refractivity contribution >= 4 is 11.8 Å². The van der Waals surface area contributed by atoms with Gasteiger partial charge in [0.25, 0.3) is 0 Å². The highest BCUT2D eigenvalue weighted by Gasteiger charge is 2.26. The van der Waals surface area contributed by atoms with E-state index in [9.17, 15) is 14.0 Å². The fourth-order valence-electron chi connectivity index (χ4n) is 2.67. The summed E-state index contributed by atoms with van der Waals surface area (Å²) in [6.07, 6.45) is -0.113. The Balaban J connectivity index is 2.26. The Morgan fingerprint density at radius 2 is 1.92 bits per heavy atom. The Morgan fingerprint density at radius 3 is 2.58 bits per heavy atom. The molecule has 1 atom stereocenters. The number of carbonyl (C=O) groups excluding carboxylic acids is 2. The van der Waals surface area contributed by atoms with E-state index in [1.165, 1.54) is 18.0 Å². The molecule has 0 fully saturated rings. The van der Waals surface area contributed by atoms with Crippen molar-refractivity contribution in [2.24, 2.45) is 0 Å². The van der Waals surface area contributed by atoms with Crippen molar-refractivity contribution in [3.8, 4) is 5.75 Å². The molecule has 138 valence electrons. The van der Waals surface area contributed by atoms with Gasteiger partial charge in [0.2, 0.25) is 11.8 Å². The molecule has 0 radical (unpaired) electrons. The van der Waals surface area contributed by atoms with Crippen molar-refractivity contribution in [3.63, 3.8) is 0 Å². The summed E-state index contributed by atoms with van der Waals surface area (Å²) in [6, 6.07) is 12.7. The summed E-state index contributed by atoms with van der Waals surface area (Å²) >= 11 is 0. The Kier molecular flexibility index (Phi) is 6.72. The number of rotatable bonds is 7. The van der Waals surface area contributed by atoms with Crippen LogP contribution in [0.2, 0.25) is 0 Å². The van der Waals surface area contributed by atoms with E-state index in [2.05, 4.69) is 5.32 Å². The summed E-state index contributed by atoms with van der Waals surface area (Å²) in [6.45, 7) is 1.87. The van der Waals surface area contributed by atoms with Crippen molar-refractivity contribution in [2.75, 3.05) is 14.2 Å². The molecule has 0 saturated carbocycles. The zero-order valence-electron chi connectivity index (χ0n) is 15.2. The van der Waals surface area contributed by atoms with Crippen molar-refractivity contribution in [3.05, 3.63) is 65.5 Å². The molecule has 0 saturated heterocycles. The molecule has 0 aliphatic carbocycles. The monoisotopic (exact) mass is 358 g/mol. The third kappa shape index (κ3) is 4.81. The molecule has 1 N–H and O–H groups in total. The highest BCUT2D eigenvalue weighted by atomic mass is 19.1. The minimum atomic E-state index is -0.689. The maximum absolute atomic E-state index is 13.9. The molecule has 2 aromatic carbocycles. The Morgan fingerprint density at radius 1 is 1.19 bits per heavy atom. The zero-order valence-corrected chi connectivity index (χ0v) is 15.2. The highest BCUT2D eigenvalue weighted by Crippen LogP contribution is 2.17. The van der Waals surface area contributed by atoms with Gasteiger partial charge in [-0.1, -0.05) is 30.3 Å². The van der Waals surface area contributed by atoms with Crippen LogP contribution in [0.1, 0.15) is 18.1 Å². The summed E-state index contributed by atoms with van der Waals surface area (Å²) in [7, 11) is 3.08. The molecule has 2 rings (SSSR count). The molecular formula is C20H23FN2O3. The first-order valence-corrected chi connectivity index (χ1v) is 8.33. The number of halogens is 1. The molecule has 0 aliphatic heterocycles. The van der Waals surface area contributed by atoms with E-state index in [0.717, 1.165) is 5.56 Å². The van der Waals surface area contributed by atoms with Gasteiger partial charge in [-0.25, -0.2) is 4.39 Å². The van der Waals surface area contributed by atoms with Crippen LogP contribution in [-0.4, -0.2) is 36.9 Å². The average Bonchev–Trinajstić information content (AvgIpc) is 2.66. The summed E-state index contributed by atoms with van der Waals surface area (Å²) in [5.74, 6) is -0.379. The van der Waals surface area contributed by atoms with Gasteiger partial charge in [0, 0.05) is 13.6 Å². The van der Waals surface area contributed by atoms with Crippen LogP contribution < -0.4 is 10.1 Å². The van der Waals surface area contributed by atoms with Crippen LogP contribution in [0.4, 0.5) is 4.39 Å². The Bertz CT molecular complexity index is 779. The molecule has 0 unspecified atom stereocenters. The van der Waals surface area contributed by atoms with Gasteiger partial charge in [0.05, 0.1) is 13.5 Å². The van der Waals surface area contributed by atoms with Gasteiger partial charge >= 0.3 is 0 Å². The summed E-state index contributed by atoms with van der Waals surface area (Å²) in [5, 5.41) is 2.55. The lowest BCUT2D eigenvalue weighted by Crippen LogP contribution is -2.47. The predicted molar refractivity (Wildman–Crippen MR) is 97.2 cm³/mol. The van der Waals surface area contributed by atoms with Crippen LogP contribution in [0, 0.1) is 5.82 Å². The lowest BCUT2D eigenvalue weighted by atomic mass is 10.1. The number of benzene rings is 2. The zero-order chi connectivity index (χ0) is 19.1. The maximum atomic E-state index is 13.9. The van der Waals surface area contributed by atoms with Crippen molar-refractivity contribution < 1.29 is 18.7 Å². The van der Waals surface area contributed by atoms with E-state index in [-0.39, 0.29) is 24.8 Å². The third-order valence-corrected chi connectivity index (χ3v) is 4.20. The number of likely N-dealkylation sites (N-methyl/N-ethyl adjacent to an activating group) is 1. The van der Waals surface area contributed by atoms with Gasteiger partial charge in [-0.3, -0.25) is 9.59 Å². The molecule has 0 aromatic heterocycles. The number of hydrogen-bond acceptors (Lipinski definition) is 3. The van der Waals surface area contributed by atoms with E-state index in [1.54, 1.807) is 44.4 Å². The van der Waals surface area contributed by atoms with Gasteiger partial charge in [0.15, 0.2) is 0 Å². The molecule has 0 aliphatic rings. The molecule has 26 heavy (non-hydrogen) atoms. The summed E-state index contributed by atoms with van der Waals surface area (Å²) in [5.41, 5.74) is 1.12. The number of amides is 2. The molecule has 0 heterocycles. The number of nitrogens with zero attached hydrogens (tertiary/aromatic N) is 1. The topological polar surface area (TPSA) is 58.6 Å². The third-order valence-electron chi connectivity index (χ3n) is 4.20. The summed E-state index contributed by atoms with van der Waals surface area (Å²) < 4.78 is 19.1. The lowest BCUT2D eigenvalue weighted by Gasteiger charge is -2.28. The van der Waals surface area contributed by atoms with Crippen LogP contribution in [-0.2, 0) is 22.6 Å². The number of carbonyl (C=O) groups is 2. The maximum Gasteiger partial charge on any atom is 0.242 e. The van der Waals surface area contributed by atoms with E-state index >= 15 is 0 Å². The van der Waals surface area contributed by atoms with Crippen LogP contribution in [0.25, 0.3) is 0 Å². The van der Waals surface area contributed by atoms with E-state index < -0.39 is 11.9 Å². The van der Waals surface area contributed by atoms with Gasteiger partial charge in [-0.05, 0) is 36.2 Å². The van der Waals surface area contributed by atoms with E-state index in [0.29, 0.717) is 11.3 Å². The van der Waals surface area contributed by atoms with Crippen molar-refractivity contribution in [1.82, 2.24) is 10.2 Å². The minimum absolute atomic E-state index is 0.113. The Hall–Kier alpha value is -2.89. The molecule has 0 spiro atoms. The SMILES string of the molecule is CNC(=O)[C@H](C)N(Cc1cccc(OC)c1)C(=O)Cc1ccccc1F. The van der Waals surface area contributed by atoms with Gasteiger partial charge < -0.3 is 15.0 Å². The van der Waals surface area contributed by atoms with Gasteiger partial charge in [0.1, 0.15) is 17.6 Å². The standard InChI is InChI=1S/C20H23FN2O3/c1-14(20(25)22-2)23(13-15-7-6-9-17(11-15)26-3)19(24)12-16-8-4-5-10-18(16)21/h4-11,14H,12-13H2,1-3H3,(H,22,25)/t14-/m0/s1. The first-order chi connectivity index (χ1) is 12.5. The van der Waals surface area contributed by atoms with Crippen molar-refractivity contribution in [1.29, 1.82) is 0 Å². The van der Waals surface area contributed by atoms with Crippen LogP contribution in [0.5, 0.6) is 5.75 Å². The van der Waals surface area contributed by atoms with Crippen molar-refractivity contribution in [2.45, 2.75) is 25.9 Å². The average molecular weight is 358 g/mol. The molecule has 2 amide bonds. The quantitative estimate of drug-likeness (QED) is 0.827. The second-order valence-corrected chi connectivity index (χ2v) is 5.93. The van der Waals surface area contributed by atoms with Crippen LogP contribution >= 0.6 is 0 Å². The predicted octanol–water partition coefficient (Wildman–Crippen LogP) is 2.54. The van der Waals surface area contributed by atoms with Crippen LogP contribution in [0.3, 0.4) is 0 Å². The second kappa shape index (κ2) is 8.99. The van der Waals surface area contributed by atoms with E-state index in [1.807, 2.05) is 12.1 Å². The first-order valence-electron chi connectivity index (χ1n) is 8.33. The van der Waals surface area contributed by atoms with Crippen LogP contribution in [0.15, 0.2) is 48.5 Å². The minimum Gasteiger partial charge on any atom is -0.497 e. The van der Waals surface area contributed by atoms with Gasteiger partial charge in [-0.2, -0.15) is 0 Å². The largest absolute Gasteiger partial charge is 0.497 e. The fourth-order valence-corrected chi connectivity index (χ4v) is 2.67. The molecular weight excluding hydrogens is 335 g/mol. The second-order valence-electron chi connectivity index (χ2n) is 5.93. The number of methoxy groups -OCH3 is 1. The summed E-state index contributed by atoms with van der Waals surface area (Å²) in [4.78, 5) is 26.4. The number of ether oxygens (including phenoxy) is 1. The normalized spacial score (nSPS) is 11.5. The molecule has 6 heteroatoms. The lowest BCUT2D eigenvalue weighted by molar-refractivity contribution is -0.139. The number of hydrogen-bond donors (Lipinski definition) is 1. The highest BCUT2D eigenvalue weighted by molar-refractivity contribution is 5.88. The Labute approximate surface area is 152 Å². The smallest absolute Gasteiger partial charge is 0.242 e. The molecule has 2 aromatic rings. The fraction of sp³-hybridized carbons (Fsp3) is 0.300. The first kappa shape index (κ1) is 19.4. The molecule has 0 bridgehead atoms.